The number of carbonyl (C=O) groups excluding carboxylic acids is 1. The van der Waals surface area contributed by atoms with E-state index in [2.05, 4.69) is 10.2 Å². The van der Waals surface area contributed by atoms with Crippen molar-refractivity contribution in [1.82, 2.24) is 10.2 Å². The van der Waals surface area contributed by atoms with Gasteiger partial charge in [-0.1, -0.05) is 0 Å². The van der Waals surface area contributed by atoms with Gasteiger partial charge in [-0.2, -0.15) is 5.10 Å². The van der Waals surface area contributed by atoms with Crippen LogP contribution in [0.15, 0.2) is 48.5 Å². The lowest BCUT2D eigenvalue weighted by Crippen LogP contribution is -1.99. The summed E-state index contributed by atoms with van der Waals surface area (Å²) in [6.07, 6.45) is 2.61. The fourth-order valence-electron chi connectivity index (χ4n) is 2.30. The lowest BCUT2D eigenvalue weighted by molar-refractivity contribution is 0.104. The van der Waals surface area contributed by atoms with Crippen LogP contribution in [0.25, 0.3) is 17.3 Å². The molecule has 0 amide bonds. The topological polar surface area (TPSA) is 55.0 Å². The molecule has 0 unspecified atom stereocenters. The second-order valence-electron chi connectivity index (χ2n) is 5.38. The van der Waals surface area contributed by atoms with Gasteiger partial charge in [0.1, 0.15) is 11.6 Å². The number of nitrogens with one attached hydrogen (secondary N) is 1. The predicted molar refractivity (Wildman–Crippen MR) is 90.3 cm³/mol. The molecule has 0 bridgehead atoms. The summed E-state index contributed by atoms with van der Waals surface area (Å²) in [4.78, 5) is 12.1. The zero-order valence-corrected chi connectivity index (χ0v) is 13.6. The maximum atomic E-state index is 13.9. The molecule has 0 aliphatic rings. The number of rotatable bonds is 5. The van der Waals surface area contributed by atoms with Crippen molar-refractivity contribution in [2.75, 3.05) is 7.11 Å². The van der Waals surface area contributed by atoms with E-state index in [4.69, 9.17) is 4.74 Å². The molecule has 1 heterocycles. The molecule has 0 atom stereocenters. The molecule has 4 nitrogen and oxygen atoms in total. The van der Waals surface area contributed by atoms with E-state index in [1.54, 1.807) is 6.07 Å². The van der Waals surface area contributed by atoms with Gasteiger partial charge in [-0.05, 0) is 48.6 Å². The first-order chi connectivity index (χ1) is 12.5. The molecule has 0 fully saturated rings. The largest absolute Gasteiger partial charge is 0.497 e. The van der Waals surface area contributed by atoms with Gasteiger partial charge in [0.25, 0.3) is 0 Å². The minimum atomic E-state index is -0.979. The Kier molecular flexibility index (Phi) is 4.88. The van der Waals surface area contributed by atoms with E-state index in [0.29, 0.717) is 22.7 Å². The van der Waals surface area contributed by atoms with E-state index in [1.165, 1.54) is 37.5 Å². The van der Waals surface area contributed by atoms with Crippen molar-refractivity contribution in [1.29, 1.82) is 0 Å². The summed E-state index contributed by atoms with van der Waals surface area (Å²) in [6, 6.07) is 8.92. The summed E-state index contributed by atoms with van der Waals surface area (Å²) in [5, 5.41) is 6.64. The van der Waals surface area contributed by atoms with Crippen LogP contribution in [0.1, 0.15) is 16.1 Å². The number of allylic oxidation sites excluding steroid dienone is 1. The number of aromatic amines is 1. The highest BCUT2D eigenvalue weighted by molar-refractivity contribution is 6.07. The molecule has 0 aliphatic heterocycles. The Morgan fingerprint density at radius 3 is 2.54 bits per heavy atom. The van der Waals surface area contributed by atoms with Crippen molar-refractivity contribution in [2.24, 2.45) is 0 Å². The lowest BCUT2D eigenvalue weighted by atomic mass is 10.1. The SMILES string of the molecule is COc1ccc(C(=O)/C=C/c2cc(-c3ccc(F)c(F)c3)n[nH]2)c(F)c1. The third kappa shape index (κ3) is 3.66. The van der Waals surface area contributed by atoms with Gasteiger partial charge < -0.3 is 4.74 Å². The molecule has 0 aliphatic carbocycles. The number of ketones is 1. The van der Waals surface area contributed by atoms with Crippen molar-refractivity contribution >= 4 is 11.9 Å². The minimum absolute atomic E-state index is 0.0950. The van der Waals surface area contributed by atoms with Crippen LogP contribution in [-0.4, -0.2) is 23.1 Å². The lowest BCUT2D eigenvalue weighted by Gasteiger charge is -2.02. The van der Waals surface area contributed by atoms with Gasteiger partial charge in [0.05, 0.1) is 24.1 Å². The first kappa shape index (κ1) is 17.5. The molecule has 3 aromatic rings. The Bertz CT molecular complexity index is 996. The molecule has 0 radical (unpaired) electrons. The van der Waals surface area contributed by atoms with Crippen molar-refractivity contribution in [3.63, 3.8) is 0 Å². The number of nitrogens with zero attached hydrogens (tertiary/aromatic N) is 1. The minimum Gasteiger partial charge on any atom is -0.497 e. The van der Waals surface area contributed by atoms with Crippen LogP contribution in [0.5, 0.6) is 5.75 Å². The highest BCUT2D eigenvalue weighted by atomic mass is 19.2. The van der Waals surface area contributed by atoms with Crippen LogP contribution in [0, 0.1) is 17.5 Å². The molecule has 7 heteroatoms. The molecular weight excluding hydrogens is 345 g/mol. The summed E-state index contributed by atoms with van der Waals surface area (Å²) in [5.41, 5.74) is 1.12. The number of halogens is 3. The second kappa shape index (κ2) is 7.26. The van der Waals surface area contributed by atoms with Gasteiger partial charge in [-0.25, -0.2) is 13.2 Å². The molecule has 2 aromatic carbocycles. The zero-order chi connectivity index (χ0) is 18.7. The third-order valence-corrected chi connectivity index (χ3v) is 3.67. The van der Waals surface area contributed by atoms with Crippen molar-refractivity contribution in [3.8, 4) is 17.0 Å². The number of methoxy groups -OCH3 is 1. The average molecular weight is 358 g/mol. The molecule has 26 heavy (non-hydrogen) atoms. The number of ether oxygens (including phenoxy) is 1. The number of hydrogen-bond acceptors (Lipinski definition) is 3. The zero-order valence-electron chi connectivity index (χ0n) is 13.6. The van der Waals surface area contributed by atoms with Crippen LogP contribution in [0.3, 0.4) is 0 Å². The third-order valence-electron chi connectivity index (χ3n) is 3.67. The molecule has 0 spiro atoms. The van der Waals surface area contributed by atoms with Gasteiger partial charge in [0, 0.05) is 11.6 Å². The van der Waals surface area contributed by atoms with Gasteiger partial charge >= 0.3 is 0 Å². The highest BCUT2D eigenvalue weighted by Crippen LogP contribution is 2.21. The molecule has 1 aromatic heterocycles. The van der Waals surface area contributed by atoms with Crippen LogP contribution < -0.4 is 4.74 Å². The van der Waals surface area contributed by atoms with Gasteiger partial charge in [0.2, 0.25) is 0 Å². The van der Waals surface area contributed by atoms with E-state index < -0.39 is 23.2 Å². The first-order valence-electron chi connectivity index (χ1n) is 7.54. The second-order valence-corrected chi connectivity index (χ2v) is 5.38. The highest BCUT2D eigenvalue weighted by Gasteiger charge is 2.11. The first-order valence-corrected chi connectivity index (χ1v) is 7.54. The van der Waals surface area contributed by atoms with Crippen LogP contribution in [0.2, 0.25) is 0 Å². The molecular formula is C19H13F3N2O2. The number of aromatic nitrogens is 2. The summed E-state index contributed by atoms with van der Waals surface area (Å²) in [6.45, 7) is 0. The number of H-pyrrole nitrogens is 1. The summed E-state index contributed by atoms with van der Waals surface area (Å²) >= 11 is 0. The predicted octanol–water partition coefficient (Wildman–Crippen LogP) is 4.40. The monoisotopic (exact) mass is 358 g/mol. The fraction of sp³-hybridized carbons (Fsp3) is 0.0526. The number of carbonyl (C=O) groups is 1. The Hall–Kier alpha value is -3.35. The summed E-state index contributed by atoms with van der Waals surface area (Å²) < 4.78 is 45.0. The smallest absolute Gasteiger partial charge is 0.188 e. The molecule has 132 valence electrons. The quantitative estimate of drug-likeness (QED) is 0.543. The van der Waals surface area contributed by atoms with Crippen molar-refractivity contribution in [3.05, 3.63) is 77.2 Å². The Morgan fingerprint density at radius 2 is 1.85 bits per heavy atom. The Labute approximate surface area is 146 Å². The van der Waals surface area contributed by atoms with E-state index in [9.17, 15) is 18.0 Å². The Balaban J connectivity index is 1.78. The van der Waals surface area contributed by atoms with Crippen LogP contribution in [0.4, 0.5) is 13.2 Å². The van der Waals surface area contributed by atoms with Gasteiger partial charge in [-0.15, -0.1) is 0 Å². The van der Waals surface area contributed by atoms with Crippen LogP contribution in [-0.2, 0) is 0 Å². The van der Waals surface area contributed by atoms with E-state index in [1.807, 2.05) is 0 Å². The molecule has 3 rings (SSSR count). The van der Waals surface area contributed by atoms with Gasteiger partial charge in [0.15, 0.2) is 17.4 Å². The normalized spacial score (nSPS) is 11.1. The van der Waals surface area contributed by atoms with Crippen LogP contribution >= 0.6 is 0 Å². The number of hydrogen-bond donors (Lipinski definition) is 1. The van der Waals surface area contributed by atoms with E-state index in [-0.39, 0.29) is 5.56 Å². The van der Waals surface area contributed by atoms with Crippen molar-refractivity contribution in [2.45, 2.75) is 0 Å². The van der Waals surface area contributed by atoms with Gasteiger partial charge in [-0.3, -0.25) is 9.89 Å². The standard InChI is InChI=1S/C19H13F3N2O2/c1-26-13-4-5-14(16(21)10-13)19(25)7-3-12-9-18(24-23-12)11-2-6-15(20)17(22)8-11/h2-10H,1H3,(H,23,24)/b7-3+. The fourth-order valence-corrected chi connectivity index (χ4v) is 2.30. The van der Waals surface area contributed by atoms with Crippen molar-refractivity contribution < 1.29 is 22.7 Å². The maximum Gasteiger partial charge on any atom is 0.188 e. The summed E-state index contributed by atoms with van der Waals surface area (Å²) in [5.74, 6) is -2.84. The van der Waals surface area contributed by atoms with E-state index in [0.717, 1.165) is 18.2 Å². The van der Waals surface area contributed by atoms with E-state index >= 15 is 0 Å². The molecule has 1 N–H and O–H groups in total. The number of benzene rings is 2. The Morgan fingerprint density at radius 1 is 1.04 bits per heavy atom. The summed E-state index contributed by atoms with van der Waals surface area (Å²) in [7, 11) is 1.40. The molecule has 0 saturated heterocycles. The average Bonchev–Trinajstić information content (AvgIpc) is 3.11. The molecule has 0 saturated carbocycles. The maximum absolute atomic E-state index is 13.9.